The van der Waals surface area contributed by atoms with Crippen LogP contribution in [0.4, 0.5) is 5.69 Å². The molecule has 0 saturated carbocycles. The first kappa shape index (κ1) is 23.5. The number of anilines is 1. The van der Waals surface area contributed by atoms with E-state index in [1.54, 1.807) is 28.8 Å². The molecule has 1 aromatic heterocycles. The van der Waals surface area contributed by atoms with Crippen molar-refractivity contribution >= 4 is 35.0 Å². The van der Waals surface area contributed by atoms with Crippen molar-refractivity contribution in [3.63, 3.8) is 0 Å². The van der Waals surface area contributed by atoms with Crippen LogP contribution in [-0.2, 0) is 11.2 Å². The standard InChI is InChI=1S/C25H27ClN4O2S/c1-5-17-6-11-21-20(14-17)22-23(27-25(29-28-22)33-13-12-15(2)3)32-24(30(21)16(4)31)18-7-9-19(26)10-8-18/h6-11,14-15,24H,5,12-13H2,1-4H3. The predicted molar refractivity (Wildman–Crippen MR) is 133 cm³/mol. The van der Waals surface area contributed by atoms with Crippen molar-refractivity contribution in [2.24, 2.45) is 5.92 Å². The summed E-state index contributed by atoms with van der Waals surface area (Å²) >= 11 is 7.67. The zero-order valence-electron chi connectivity index (χ0n) is 19.2. The summed E-state index contributed by atoms with van der Waals surface area (Å²) < 4.78 is 6.42. The summed E-state index contributed by atoms with van der Waals surface area (Å²) in [5.74, 6) is 1.72. The van der Waals surface area contributed by atoms with Crippen LogP contribution in [0.2, 0.25) is 5.02 Å². The number of ether oxygens (including phenoxy) is 1. The van der Waals surface area contributed by atoms with Crippen LogP contribution >= 0.6 is 23.4 Å². The Balaban J connectivity index is 1.85. The van der Waals surface area contributed by atoms with Gasteiger partial charge >= 0.3 is 0 Å². The van der Waals surface area contributed by atoms with E-state index < -0.39 is 6.23 Å². The summed E-state index contributed by atoms with van der Waals surface area (Å²) in [7, 11) is 0. The smallest absolute Gasteiger partial charge is 0.247 e. The highest BCUT2D eigenvalue weighted by Crippen LogP contribution is 2.44. The van der Waals surface area contributed by atoms with Crippen LogP contribution < -0.4 is 9.64 Å². The number of amides is 1. The van der Waals surface area contributed by atoms with E-state index in [9.17, 15) is 4.79 Å². The van der Waals surface area contributed by atoms with Crippen molar-refractivity contribution in [1.29, 1.82) is 0 Å². The molecule has 0 N–H and O–H groups in total. The number of halogens is 1. The van der Waals surface area contributed by atoms with Gasteiger partial charge in [0.25, 0.3) is 0 Å². The maximum atomic E-state index is 12.9. The van der Waals surface area contributed by atoms with Crippen LogP contribution in [0.5, 0.6) is 5.88 Å². The molecule has 0 fully saturated rings. The lowest BCUT2D eigenvalue weighted by Crippen LogP contribution is -2.36. The maximum absolute atomic E-state index is 12.9. The molecule has 0 aliphatic carbocycles. The summed E-state index contributed by atoms with van der Waals surface area (Å²) in [4.78, 5) is 19.3. The van der Waals surface area contributed by atoms with Gasteiger partial charge in [-0.3, -0.25) is 9.69 Å². The molecule has 0 saturated heterocycles. The van der Waals surface area contributed by atoms with Gasteiger partial charge in [0.1, 0.15) is 0 Å². The average molecular weight is 483 g/mol. The molecule has 1 aliphatic heterocycles. The maximum Gasteiger partial charge on any atom is 0.247 e. The number of hydrogen-bond donors (Lipinski definition) is 0. The van der Waals surface area contributed by atoms with Crippen molar-refractivity contribution in [3.8, 4) is 17.1 Å². The molecule has 4 rings (SSSR count). The second-order valence-electron chi connectivity index (χ2n) is 8.39. The molecule has 172 valence electrons. The fourth-order valence-corrected chi connectivity index (χ4v) is 4.81. The minimum Gasteiger partial charge on any atom is -0.447 e. The quantitative estimate of drug-likeness (QED) is 0.382. The number of rotatable bonds is 6. The third-order valence-corrected chi connectivity index (χ3v) is 6.62. The molecule has 2 aromatic carbocycles. The third-order valence-electron chi connectivity index (χ3n) is 5.50. The summed E-state index contributed by atoms with van der Waals surface area (Å²) in [6.07, 6.45) is 1.20. The monoisotopic (exact) mass is 482 g/mol. The van der Waals surface area contributed by atoms with Crippen molar-refractivity contribution in [2.45, 2.75) is 51.9 Å². The van der Waals surface area contributed by atoms with E-state index in [0.717, 1.165) is 41.0 Å². The highest BCUT2D eigenvalue weighted by Gasteiger charge is 2.34. The Labute approximate surface area is 203 Å². The molecule has 8 heteroatoms. The largest absolute Gasteiger partial charge is 0.447 e. The van der Waals surface area contributed by atoms with Gasteiger partial charge in [0, 0.05) is 28.8 Å². The number of aryl methyl sites for hydroxylation is 1. The number of thioether (sulfide) groups is 1. The first-order valence-electron chi connectivity index (χ1n) is 11.1. The normalized spacial score (nSPS) is 15.0. The fourth-order valence-electron chi connectivity index (χ4n) is 3.66. The van der Waals surface area contributed by atoms with Crippen molar-refractivity contribution in [3.05, 3.63) is 58.6 Å². The van der Waals surface area contributed by atoms with Crippen LogP contribution in [0.25, 0.3) is 11.3 Å². The number of hydrogen-bond acceptors (Lipinski definition) is 6. The molecular formula is C25H27ClN4O2S. The van der Waals surface area contributed by atoms with Crippen LogP contribution in [0.15, 0.2) is 47.6 Å². The van der Waals surface area contributed by atoms with Gasteiger partial charge in [-0.1, -0.05) is 62.3 Å². The molecule has 2 heterocycles. The van der Waals surface area contributed by atoms with Crippen LogP contribution in [-0.4, -0.2) is 26.8 Å². The molecule has 0 bridgehead atoms. The number of benzene rings is 2. The molecule has 6 nitrogen and oxygen atoms in total. The Morgan fingerprint density at radius 3 is 2.61 bits per heavy atom. The van der Waals surface area contributed by atoms with E-state index >= 15 is 0 Å². The number of aromatic nitrogens is 3. The van der Waals surface area contributed by atoms with E-state index in [2.05, 4.69) is 31.0 Å². The Bertz CT molecular complexity index is 1150. The Hall–Kier alpha value is -2.64. The summed E-state index contributed by atoms with van der Waals surface area (Å²) in [5.41, 5.74) is 3.96. The zero-order valence-corrected chi connectivity index (χ0v) is 20.8. The molecule has 33 heavy (non-hydrogen) atoms. The van der Waals surface area contributed by atoms with E-state index in [4.69, 9.17) is 21.3 Å². The Morgan fingerprint density at radius 2 is 1.94 bits per heavy atom. The first-order valence-corrected chi connectivity index (χ1v) is 12.5. The highest BCUT2D eigenvalue weighted by atomic mass is 35.5. The van der Waals surface area contributed by atoms with Gasteiger partial charge in [-0.25, -0.2) is 0 Å². The number of fused-ring (bicyclic) bond motifs is 3. The van der Waals surface area contributed by atoms with Gasteiger partial charge in [-0.15, -0.1) is 10.2 Å². The van der Waals surface area contributed by atoms with Gasteiger partial charge in [-0.05, 0) is 48.6 Å². The second kappa shape index (κ2) is 10.1. The van der Waals surface area contributed by atoms with Crippen molar-refractivity contribution in [1.82, 2.24) is 15.2 Å². The number of nitrogens with zero attached hydrogens (tertiary/aromatic N) is 4. The topological polar surface area (TPSA) is 68.2 Å². The van der Waals surface area contributed by atoms with Gasteiger partial charge in [0.15, 0.2) is 5.69 Å². The van der Waals surface area contributed by atoms with Gasteiger partial charge in [-0.2, -0.15) is 4.98 Å². The molecule has 1 unspecified atom stereocenters. The van der Waals surface area contributed by atoms with Gasteiger partial charge in [0.05, 0.1) is 5.69 Å². The van der Waals surface area contributed by atoms with Crippen molar-refractivity contribution in [2.75, 3.05) is 10.7 Å². The number of carbonyl (C=O) groups excluding carboxylic acids is 1. The molecule has 1 aliphatic rings. The first-order chi connectivity index (χ1) is 15.9. The lowest BCUT2D eigenvalue weighted by atomic mass is 10.0. The zero-order chi connectivity index (χ0) is 23.5. The van der Waals surface area contributed by atoms with Crippen LogP contribution in [0.1, 0.15) is 51.5 Å². The van der Waals surface area contributed by atoms with Gasteiger partial charge < -0.3 is 4.74 Å². The average Bonchev–Trinajstić information content (AvgIpc) is 2.93. The van der Waals surface area contributed by atoms with E-state index in [-0.39, 0.29) is 5.91 Å². The molecule has 1 atom stereocenters. The molecule has 0 spiro atoms. The Morgan fingerprint density at radius 1 is 1.18 bits per heavy atom. The summed E-state index contributed by atoms with van der Waals surface area (Å²) in [6.45, 7) is 8.00. The SMILES string of the molecule is CCc1ccc2c(c1)-c1nnc(SCCC(C)C)nc1OC(c1ccc(Cl)cc1)N2C(C)=O. The predicted octanol–water partition coefficient (Wildman–Crippen LogP) is 6.34. The lowest BCUT2D eigenvalue weighted by molar-refractivity contribution is -0.118. The van der Waals surface area contributed by atoms with E-state index in [1.807, 2.05) is 30.3 Å². The molecule has 3 aromatic rings. The Kier molecular flexibility index (Phi) is 7.20. The minimum absolute atomic E-state index is 0.146. The third kappa shape index (κ3) is 5.14. The van der Waals surface area contributed by atoms with Crippen LogP contribution in [0.3, 0.4) is 0 Å². The lowest BCUT2D eigenvalue weighted by Gasteiger charge is -2.30. The summed E-state index contributed by atoms with van der Waals surface area (Å²) in [5, 5.41) is 10.1. The fraction of sp³-hybridized carbons (Fsp3) is 0.360. The molecule has 1 amide bonds. The second-order valence-corrected chi connectivity index (χ2v) is 9.89. The van der Waals surface area contributed by atoms with Gasteiger partial charge in [0.2, 0.25) is 23.2 Å². The van der Waals surface area contributed by atoms with E-state index in [0.29, 0.717) is 27.7 Å². The number of carbonyl (C=O) groups is 1. The van der Waals surface area contributed by atoms with Crippen molar-refractivity contribution < 1.29 is 9.53 Å². The molecular weight excluding hydrogens is 456 g/mol. The minimum atomic E-state index is -0.711. The van der Waals surface area contributed by atoms with Crippen LogP contribution in [0, 0.1) is 5.92 Å². The van der Waals surface area contributed by atoms with E-state index in [1.165, 1.54) is 6.92 Å². The highest BCUT2D eigenvalue weighted by molar-refractivity contribution is 7.99. The molecule has 0 radical (unpaired) electrons. The summed E-state index contributed by atoms with van der Waals surface area (Å²) in [6, 6.07) is 13.3.